The van der Waals surface area contributed by atoms with Gasteiger partial charge in [0.05, 0.1) is 12.3 Å². The first-order valence-corrected chi connectivity index (χ1v) is 5.93. The number of aromatic nitrogens is 1. The maximum Gasteiger partial charge on any atom is 0.268 e. The van der Waals surface area contributed by atoms with Crippen molar-refractivity contribution in [3.05, 3.63) is 30.1 Å². The third-order valence-corrected chi connectivity index (χ3v) is 1.33. The third-order valence-electron chi connectivity index (χ3n) is 1.33. The van der Waals surface area contributed by atoms with Crippen LogP contribution in [0.1, 0.15) is 40.3 Å². The van der Waals surface area contributed by atoms with Crippen LogP contribution in [0.2, 0.25) is 0 Å². The van der Waals surface area contributed by atoms with E-state index in [1.165, 1.54) is 0 Å². The largest absolute Gasteiger partial charge is 0.369 e. The fourth-order valence-corrected chi connectivity index (χ4v) is 0.818. The molecule has 1 heterocycles. The molecular weight excluding hydrogens is 224 g/mol. The maximum absolute atomic E-state index is 12.3. The predicted molar refractivity (Wildman–Crippen MR) is 67.2 cm³/mol. The molecule has 0 N–H and O–H groups in total. The quantitative estimate of drug-likeness (QED) is 0.791. The van der Waals surface area contributed by atoms with E-state index in [0.29, 0.717) is 5.69 Å². The summed E-state index contributed by atoms with van der Waals surface area (Å²) in [6.45, 7) is 8.39. The van der Waals surface area contributed by atoms with E-state index in [1.54, 1.807) is 24.4 Å². The topological polar surface area (TPSA) is 22.1 Å². The summed E-state index contributed by atoms with van der Waals surface area (Å²) in [6.07, 6.45) is 1.60. The van der Waals surface area contributed by atoms with E-state index in [1.807, 2.05) is 27.7 Å². The minimum atomic E-state index is -2.77. The van der Waals surface area contributed by atoms with Crippen LogP contribution < -0.4 is 0 Å². The van der Waals surface area contributed by atoms with Crippen LogP contribution in [0.5, 0.6) is 0 Å². The molecule has 2 nitrogen and oxygen atoms in total. The van der Waals surface area contributed by atoms with Crippen LogP contribution in [0.4, 0.5) is 8.78 Å². The van der Waals surface area contributed by atoms with Crippen molar-refractivity contribution in [1.82, 2.24) is 4.98 Å². The first-order chi connectivity index (χ1) is 8.08. The molecule has 0 saturated heterocycles. The number of rotatable bonds is 4. The van der Waals surface area contributed by atoms with Crippen molar-refractivity contribution in [2.45, 2.75) is 47.1 Å². The van der Waals surface area contributed by atoms with Crippen LogP contribution in [-0.4, -0.2) is 17.5 Å². The minimum Gasteiger partial charge on any atom is -0.369 e. The number of ether oxygens (including phenoxy) is 1. The van der Waals surface area contributed by atoms with Gasteiger partial charge in [0.1, 0.15) is 6.61 Å². The van der Waals surface area contributed by atoms with Crippen molar-refractivity contribution >= 4 is 0 Å². The van der Waals surface area contributed by atoms with Crippen LogP contribution in [0.15, 0.2) is 24.4 Å². The van der Waals surface area contributed by atoms with Crippen molar-refractivity contribution in [3.63, 3.8) is 0 Å². The second-order valence-corrected chi connectivity index (χ2v) is 2.88. The number of hydrogen-bond acceptors (Lipinski definition) is 2. The smallest absolute Gasteiger partial charge is 0.268 e. The Morgan fingerprint density at radius 3 is 2.18 bits per heavy atom. The molecule has 0 aromatic carbocycles. The van der Waals surface area contributed by atoms with Gasteiger partial charge in [0.2, 0.25) is 0 Å². The average molecular weight is 247 g/mol. The Labute approximate surface area is 103 Å². The van der Waals surface area contributed by atoms with Crippen LogP contribution in [0.3, 0.4) is 0 Å². The molecule has 0 fully saturated rings. The Morgan fingerprint density at radius 2 is 1.76 bits per heavy atom. The second kappa shape index (κ2) is 11.5. The summed E-state index contributed by atoms with van der Waals surface area (Å²) in [5.74, 6) is -2.77. The van der Waals surface area contributed by atoms with Crippen molar-refractivity contribution in [1.29, 1.82) is 0 Å². The summed E-state index contributed by atoms with van der Waals surface area (Å²) < 4.78 is 29.3. The summed E-state index contributed by atoms with van der Waals surface area (Å²) in [7, 11) is 0. The van der Waals surface area contributed by atoms with E-state index in [9.17, 15) is 8.78 Å². The monoisotopic (exact) mass is 247 g/mol. The lowest BCUT2D eigenvalue weighted by atomic mass is 10.4. The van der Waals surface area contributed by atoms with Gasteiger partial charge in [0.25, 0.3) is 5.92 Å². The fourth-order valence-electron chi connectivity index (χ4n) is 0.818. The number of hydrogen-bond donors (Lipinski definition) is 0. The van der Waals surface area contributed by atoms with E-state index in [4.69, 9.17) is 4.74 Å². The van der Waals surface area contributed by atoms with Gasteiger partial charge in [-0.3, -0.25) is 4.98 Å². The molecular formula is C13H23F2NO. The second-order valence-electron chi connectivity index (χ2n) is 2.88. The normalized spacial score (nSPS) is 9.59. The predicted octanol–water partition coefficient (Wildman–Crippen LogP) is 4.31. The van der Waals surface area contributed by atoms with Gasteiger partial charge in [-0.25, -0.2) is 8.78 Å². The molecule has 0 aliphatic heterocycles. The summed E-state index contributed by atoms with van der Waals surface area (Å²) in [4.78, 5) is 3.93. The van der Waals surface area contributed by atoms with E-state index in [-0.39, 0.29) is 6.61 Å². The highest BCUT2D eigenvalue weighted by Crippen LogP contribution is 2.12. The first kappa shape index (κ1) is 18.3. The maximum atomic E-state index is 12.3. The fraction of sp³-hybridized carbons (Fsp3) is 0.615. The van der Waals surface area contributed by atoms with E-state index in [2.05, 4.69) is 4.98 Å². The molecule has 1 aromatic heterocycles. The Balaban J connectivity index is 0. The Bertz CT molecular complexity index is 247. The molecule has 0 amide bonds. The molecule has 0 unspecified atom stereocenters. The lowest BCUT2D eigenvalue weighted by Crippen LogP contribution is -2.18. The highest BCUT2D eigenvalue weighted by atomic mass is 19.3. The van der Waals surface area contributed by atoms with Crippen LogP contribution >= 0.6 is 0 Å². The highest BCUT2D eigenvalue weighted by Gasteiger charge is 2.20. The zero-order chi connectivity index (χ0) is 13.7. The molecule has 1 rings (SSSR count). The number of halogens is 2. The lowest BCUT2D eigenvalue weighted by Gasteiger charge is -2.09. The molecule has 0 bridgehead atoms. The van der Waals surface area contributed by atoms with Crippen LogP contribution in [0.25, 0.3) is 0 Å². The van der Waals surface area contributed by atoms with Gasteiger partial charge in [0, 0.05) is 13.1 Å². The van der Waals surface area contributed by atoms with E-state index in [0.717, 1.165) is 6.92 Å². The Kier molecular flexibility index (Phi) is 12.4. The van der Waals surface area contributed by atoms with Gasteiger partial charge in [-0.1, -0.05) is 33.8 Å². The molecule has 0 atom stereocenters. The van der Waals surface area contributed by atoms with E-state index >= 15 is 0 Å². The molecule has 0 aliphatic carbocycles. The van der Waals surface area contributed by atoms with E-state index < -0.39 is 12.5 Å². The molecule has 17 heavy (non-hydrogen) atoms. The number of alkyl halides is 2. The van der Waals surface area contributed by atoms with Crippen molar-refractivity contribution in [2.24, 2.45) is 0 Å². The van der Waals surface area contributed by atoms with Crippen LogP contribution in [0, 0.1) is 0 Å². The lowest BCUT2D eigenvalue weighted by molar-refractivity contribution is -0.0679. The van der Waals surface area contributed by atoms with Crippen LogP contribution in [-0.2, 0) is 11.3 Å². The summed E-state index contributed by atoms with van der Waals surface area (Å²) in [6, 6.07) is 5.28. The van der Waals surface area contributed by atoms with Crippen molar-refractivity contribution in [3.8, 4) is 0 Å². The molecule has 4 heteroatoms. The summed E-state index contributed by atoms with van der Waals surface area (Å²) >= 11 is 0. The molecule has 0 aliphatic rings. The third kappa shape index (κ3) is 12.9. The molecule has 1 aromatic rings. The molecule has 0 radical (unpaired) electrons. The highest BCUT2D eigenvalue weighted by molar-refractivity contribution is 5.01. The Morgan fingerprint density at radius 1 is 1.18 bits per heavy atom. The van der Waals surface area contributed by atoms with Gasteiger partial charge in [0.15, 0.2) is 0 Å². The van der Waals surface area contributed by atoms with Crippen molar-refractivity contribution in [2.75, 3.05) is 6.61 Å². The SMILES string of the molecule is CC.CC.CC(F)(F)COCc1ccccn1. The summed E-state index contributed by atoms with van der Waals surface area (Å²) in [5.41, 5.74) is 0.659. The van der Waals surface area contributed by atoms with Gasteiger partial charge in [-0.2, -0.15) is 0 Å². The minimum absolute atomic E-state index is 0.129. The first-order valence-electron chi connectivity index (χ1n) is 5.93. The zero-order valence-electron chi connectivity index (χ0n) is 11.3. The van der Waals surface area contributed by atoms with Gasteiger partial charge in [-0.05, 0) is 12.1 Å². The van der Waals surface area contributed by atoms with Gasteiger partial charge >= 0.3 is 0 Å². The number of nitrogens with zero attached hydrogens (tertiary/aromatic N) is 1. The standard InChI is InChI=1S/C9H11F2NO.2C2H6/c1-9(10,11)7-13-6-8-4-2-3-5-12-8;2*1-2/h2-5H,6-7H2,1H3;2*1-2H3. The van der Waals surface area contributed by atoms with Gasteiger partial charge < -0.3 is 4.74 Å². The summed E-state index contributed by atoms with van der Waals surface area (Å²) in [5, 5.41) is 0. The molecule has 0 saturated carbocycles. The Hall–Kier alpha value is -1.03. The molecule has 0 spiro atoms. The molecule has 100 valence electrons. The number of pyridine rings is 1. The van der Waals surface area contributed by atoms with Gasteiger partial charge in [-0.15, -0.1) is 0 Å². The average Bonchev–Trinajstić information content (AvgIpc) is 2.34. The van der Waals surface area contributed by atoms with Crippen molar-refractivity contribution < 1.29 is 13.5 Å². The zero-order valence-corrected chi connectivity index (χ0v) is 11.3.